The lowest BCUT2D eigenvalue weighted by molar-refractivity contribution is 0.708. The first kappa shape index (κ1) is 17.2. The van der Waals surface area contributed by atoms with E-state index in [0.717, 1.165) is 21.9 Å². The van der Waals surface area contributed by atoms with Crippen molar-refractivity contribution in [2.45, 2.75) is 13.5 Å². The van der Waals surface area contributed by atoms with Gasteiger partial charge in [0.2, 0.25) is 0 Å². The monoisotopic (exact) mass is 380 g/mol. The highest BCUT2D eigenvalue weighted by atomic mass is 35.5. The van der Waals surface area contributed by atoms with Crippen LogP contribution in [0.4, 0.5) is 5.69 Å². The molecule has 136 valence electrons. The maximum absolute atomic E-state index is 13.1. The highest BCUT2D eigenvalue weighted by molar-refractivity contribution is 6.28. The molecular formula is C19H17ClN6O. The number of aromatic nitrogens is 4. The van der Waals surface area contributed by atoms with Crippen molar-refractivity contribution in [3.63, 3.8) is 0 Å². The SMILES string of the molecule is CCn1c(=O)c(-n2nc3ccccc3n2)cc2ccc(N=C(N)CCl)cc21. The van der Waals surface area contributed by atoms with Crippen LogP contribution >= 0.6 is 11.6 Å². The average Bonchev–Trinajstić information content (AvgIpc) is 3.11. The van der Waals surface area contributed by atoms with Crippen LogP contribution in [0.25, 0.3) is 27.6 Å². The van der Waals surface area contributed by atoms with Gasteiger partial charge in [-0.05, 0) is 37.3 Å². The van der Waals surface area contributed by atoms with E-state index in [1.807, 2.05) is 49.4 Å². The van der Waals surface area contributed by atoms with Crippen molar-refractivity contribution in [1.29, 1.82) is 0 Å². The van der Waals surface area contributed by atoms with Gasteiger partial charge in [0.05, 0.1) is 17.1 Å². The molecule has 0 saturated carbocycles. The summed E-state index contributed by atoms with van der Waals surface area (Å²) < 4.78 is 1.68. The molecule has 0 atom stereocenters. The van der Waals surface area contributed by atoms with Gasteiger partial charge in [0.25, 0.3) is 5.56 Å². The van der Waals surface area contributed by atoms with Gasteiger partial charge in [-0.3, -0.25) is 4.79 Å². The second-order valence-electron chi connectivity index (χ2n) is 6.04. The fraction of sp³-hybridized carbons (Fsp3) is 0.158. The number of alkyl halides is 1. The van der Waals surface area contributed by atoms with Crippen LogP contribution in [-0.4, -0.2) is 31.3 Å². The molecule has 0 saturated heterocycles. The highest BCUT2D eigenvalue weighted by Gasteiger charge is 2.13. The number of benzene rings is 2. The van der Waals surface area contributed by atoms with E-state index in [4.69, 9.17) is 17.3 Å². The number of aryl methyl sites for hydroxylation is 1. The number of nitrogens with zero attached hydrogens (tertiary/aromatic N) is 5. The van der Waals surface area contributed by atoms with E-state index in [2.05, 4.69) is 15.2 Å². The number of nitrogens with two attached hydrogens (primary N) is 1. The molecule has 2 heterocycles. The third-order valence-electron chi connectivity index (χ3n) is 4.29. The zero-order valence-corrected chi connectivity index (χ0v) is 15.4. The average molecular weight is 381 g/mol. The molecule has 0 radical (unpaired) electrons. The molecule has 8 heteroatoms. The molecule has 0 fully saturated rings. The first-order valence-corrected chi connectivity index (χ1v) is 9.03. The fourth-order valence-corrected chi connectivity index (χ4v) is 3.09. The van der Waals surface area contributed by atoms with Crippen LogP contribution in [0.3, 0.4) is 0 Å². The largest absolute Gasteiger partial charge is 0.386 e. The van der Waals surface area contributed by atoms with E-state index in [9.17, 15) is 4.79 Å². The van der Waals surface area contributed by atoms with Crippen LogP contribution in [0.1, 0.15) is 6.92 Å². The van der Waals surface area contributed by atoms with Crippen LogP contribution in [0.5, 0.6) is 0 Å². The number of amidine groups is 1. The Morgan fingerprint density at radius 3 is 2.48 bits per heavy atom. The molecule has 2 N–H and O–H groups in total. The molecule has 0 aliphatic carbocycles. The quantitative estimate of drug-likeness (QED) is 0.334. The fourth-order valence-electron chi connectivity index (χ4n) is 3.03. The molecule has 0 unspecified atom stereocenters. The number of hydrogen-bond donors (Lipinski definition) is 1. The van der Waals surface area contributed by atoms with Gasteiger partial charge in [-0.1, -0.05) is 18.2 Å². The first-order chi connectivity index (χ1) is 13.1. The van der Waals surface area contributed by atoms with Crippen LogP contribution in [0.2, 0.25) is 0 Å². The maximum atomic E-state index is 13.1. The molecule has 0 amide bonds. The van der Waals surface area contributed by atoms with Crippen molar-refractivity contribution in [3.05, 3.63) is 58.9 Å². The normalized spacial score (nSPS) is 12.1. The maximum Gasteiger partial charge on any atom is 0.278 e. The van der Waals surface area contributed by atoms with Gasteiger partial charge in [-0.2, -0.15) is 0 Å². The minimum Gasteiger partial charge on any atom is -0.386 e. The molecule has 0 aliphatic rings. The van der Waals surface area contributed by atoms with Crippen molar-refractivity contribution >= 4 is 45.1 Å². The van der Waals surface area contributed by atoms with Crippen LogP contribution in [0.15, 0.2) is 58.3 Å². The molecular weight excluding hydrogens is 364 g/mol. The highest BCUT2D eigenvalue weighted by Crippen LogP contribution is 2.22. The van der Waals surface area contributed by atoms with Crippen molar-refractivity contribution in [1.82, 2.24) is 19.6 Å². The molecule has 2 aromatic heterocycles. The smallest absolute Gasteiger partial charge is 0.278 e. The van der Waals surface area contributed by atoms with Gasteiger partial charge in [-0.25, -0.2) is 4.99 Å². The first-order valence-electron chi connectivity index (χ1n) is 8.49. The van der Waals surface area contributed by atoms with Gasteiger partial charge in [0.15, 0.2) is 5.69 Å². The van der Waals surface area contributed by atoms with E-state index in [0.29, 0.717) is 23.8 Å². The van der Waals surface area contributed by atoms with E-state index in [1.54, 1.807) is 10.6 Å². The summed E-state index contributed by atoms with van der Waals surface area (Å²) >= 11 is 5.70. The topological polar surface area (TPSA) is 91.1 Å². The lowest BCUT2D eigenvalue weighted by Gasteiger charge is -2.11. The number of aliphatic imine (C=N–C) groups is 1. The molecule has 0 aliphatic heterocycles. The van der Waals surface area contributed by atoms with Gasteiger partial charge in [0, 0.05) is 11.9 Å². The zero-order chi connectivity index (χ0) is 19.0. The summed E-state index contributed by atoms with van der Waals surface area (Å²) in [6, 6.07) is 14.9. The Balaban J connectivity index is 1.94. The number of pyridine rings is 1. The van der Waals surface area contributed by atoms with E-state index >= 15 is 0 Å². The van der Waals surface area contributed by atoms with Crippen LogP contribution in [-0.2, 0) is 6.54 Å². The Morgan fingerprint density at radius 2 is 1.85 bits per heavy atom. The molecule has 27 heavy (non-hydrogen) atoms. The Bertz CT molecular complexity index is 1210. The van der Waals surface area contributed by atoms with E-state index < -0.39 is 0 Å². The number of hydrogen-bond acceptors (Lipinski definition) is 4. The summed E-state index contributed by atoms with van der Waals surface area (Å²) in [6.07, 6.45) is 0. The molecule has 4 aromatic rings. The number of rotatable bonds is 4. The predicted molar refractivity (Wildman–Crippen MR) is 108 cm³/mol. The standard InChI is InChI=1S/C19H17ClN6O/c1-2-25-16-10-13(22-18(21)11-20)8-7-12(16)9-17(19(25)27)26-23-14-5-3-4-6-15(14)24-26/h3-10H,2,11H2,1H3,(H2,21,22). The Hall–Kier alpha value is -3.19. The molecule has 7 nitrogen and oxygen atoms in total. The lowest BCUT2D eigenvalue weighted by Crippen LogP contribution is -2.25. The van der Waals surface area contributed by atoms with Gasteiger partial charge in [-0.15, -0.1) is 26.6 Å². The Kier molecular flexibility index (Phi) is 4.37. The van der Waals surface area contributed by atoms with Gasteiger partial charge < -0.3 is 10.3 Å². The summed E-state index contributed by atoms with van der Waals surface area (Å²) in [7, 11) is 0. The summed E-state index contributed by atoms with van der Waals surface area (Å²) in [4.78, 5) is 18.7. The number of fused-ring (bicyclic) bond motifs is 2. The van der Waals surface area contributed by atoms with Crippen LogP contribution in [0, 0.1) is 0 Å². The van der Waals surface area contributed by atoms with Crippen molar-refractivity contribution in [2.75, 3.05) is 5.88 Å². The predicted octanol–water partition coefficient (Wildman–Crippen LogP) is 2.98. The third-order valence-corrected chi connectivity index (χ3v) is 4.56. The zero-order valence-electron chi connectivity index (χ0n) is 14.6. The van der Waals surface area contributed by atoms with Gasteiger partial charge in [0.1, 0.15) is 16.9 Å². The minimum absolute atomic E-state index is 0.149. The van der Waals surface area contributed by atoms with Crippen molar-refractivity contribution < 1.29 is 0 Å². The molecule has 0 spiro atoms. The van der Waals surface area contributed by atoms with E-state index in [1.165, 1.54) is 4.80 Å². The summed E-state index contributed by atoms with van der Waals surface area (Å²) in [5, 5.41) is 9.75. The number of halogens is 1. The Labute approximate surface area is 159 Å². The summed E-state index contributed by atoms with van der Waals surface area (Å²) in [5.41, 5.74) is 8.84. The van der Waals surface area contributed by atoms with E-state index in [-0.39, 0.29) is 11.4 Å². The molecule has 4 rings (SSSR count). The third kappa shape index (κ3) is 3.06. The van der Waals surface area contributed by atoms with Crippen molar-refractivity contribution in [3.8, 4) is 5.69 Å². The second kappa shape index (κ2) is 6.85. The Morgan fingerprint density at radius 1 is 1.15 bits per heavy atom. The molecule has 0 bridgehead atoms. The molecule has 2 aromatic carbocycles. The van der Waals surface area contributed by atoms with Gasteiger partial charge >= 0.3 is 0 Å². The van der Waals surface area contributed by atoms with Crippen molar-refractivity contribution in [2.24, 2.45) is 10.7 Å². The summed E-state index contributed by atoms with van der Waals surface area (Å²) in [6.45, 7) is 2.42. The van der Waals surface area contributed by atoms with Crippen LogP contribution < -0.4 is 11.3 Å². The second-order valence-corrected chi connectivity index (χ2v) is 6.30. The lowest BCUT2D eigenvalue weighted by atomic mass is 10.1. The summed E-state index contributed by atoms with van der Waals surface area (Å²) in [5.74, 6) is 0.473. The minimum atomic E-state index is -0.170.